The lowest BCUT2D eigenvalue weighted by Gasteiger charge is -2.30. The molecule has 3 N–H and O–H groups in total. The van der Waals surface area contributed by atoms with E-state index in [0.29, 0.717) is 5.56 Å². The number of imide groups is 2. The van der Waals surface area contributed by atoms with Gasteiger partial charge in [0.1, 0.15) is 6.04 Å². The summed E-state index contributed by atoms with van der Waals surface area (Å²) >= 11 is 0. The van der Waals surface area contributed by atoms with Crippen LogP contribution in [0.15, 0.2) is 61.1 Å². The van der Waals surface area contributed by atoms with Crippen LogP contribution in [-0.2, 0) is 16.1 Å². The molecule has 0 spiro atoms. The van der Waals surface area contributed by atoms with E-state index in [1.165, 1.54) is 6.07 Å². The minimum Gasteiger partial charge on any atom is -0.335 e. The fourth-order valence-electron chi connectivity index (χ4n) is 6.35. The first-order valence-corrected chi connectivity index (χ1v) is 15.0. The number of amides is 6. The molecular formula is C32H30N8O5. The summed E-state index contributed by atoms with van der Waals surface area (Å²) in [6, 6.07) is 11.2. The van der Waals surface area contributed by atoms with Crippen LogP contribution >= 0.6 is 0 Å². The first kappa shape index (κ1) is 28.3. The monoisotopic (exact) mass is 606 g/mol. The summed E-state index contributed by atoms with van der Waals surface area (Å²) in [4.78, 5) is 72.8. The molecule has 3 atom stereocenters. The van der Waals surface area contributed by atoms with Crippen LogP contribution < -0.4 is 16.0 Å². The Kier molecular flexibility index (Phi) is 7.28. The van der Waals surface area contributed by atoms with Crippen molar-refractivity contribution >= 4 is 40.7 Å². The molecule has 228 valence electrons. The number of para-hydroxylation sites is 2. The first-order chi connectivity index (χ1) is 21.8. The van der Waals surface area contributed by atoms with E-state index < -0.39 is 29.7 Å². The summed E-state index contributed by atoms with van der Waals surface area (Å²) in [7, 11) is 0. The molecule has 2 fully saturated rings. The lowest BCUT2D eigenvalue weighted by molar-refractivity contribution is -0.136. The quantitative estimate of drug-likeness (QED) is 0.282. The molecular weight excluding hydrogens is 576 g/mol. The molecule has 1 saturated carbocycles. The Bertz CT molecular complexity index is 1870. The molecule has 0 bridgehead atoms. The van der Waals surface area contributed by atoms with Gasteiger partial charge in [-0.15, -0.1) is 0 Å². The van der Waals surface area contributed by atoms with Gasteiger partial charge >= 0.3 is 6.03 Å². The Morgan fingerprint density at radius 3 is 2.62 bits per heavy atom. The third-order valence-electron chi connectivity index (χ3n) is 8.66. The fourth-order valence-corrected chi connectivity index (χ4v) is 6.35. The van der Waals surface area contributed by atoms with Crippen LogP contribution in [0.25, 0.3) is 22.3 Å². The number of nitrogens with one attached hydrogen (secondary N) is 3. The maximum absolute atomic E-state index is 13.1. The molecule has 13 heteroatoms. The number of carbonyl (C=O) groups is 5. The van der Waals surface area contributed by atoms with Gasteiger partial charge in [0.25, 0.3) is 11.8 Å². The first-order valence-electron chi connectivity index (χ1n) is 15.0. The maximum Gasteiger partial charge on any atom is 0.315 e. The van der Waals surface area contributed by atoms with Crippen molar-refractivity contribution in [3.63, 3.8) is 0 Å². The molecule has 2 aromatic heterocycles. The topological polar surface area (TPSA) is 168 Å². The van der Waals surface area contributed by atoms with Crippen LogP contribution in [0.4, 0.5) is 4.79 Å². The smallest absolute Gasteiger partial charge is 0.315 e. The lowest BCUT2D eigenvalue weighted by Crippen LogP contribution is -2.54. The zero-order valence-corrected chi connectivity index (χ0v) is 24.2. The normalized spacial score (nSPS) is 21.5. The average molecular weight is 607 g/mol. The maximum atomic E-state index is 13.1. The number of carbonyl (C=O) groups excluding carboxylic acids is 5. The van der Waals surface area contributed by atoms with Crippen LogP contribution in [0.2, 0.25) is 0 Å². The van der Waals surface area contributed by atoms with Crippen LogP contribution in [0.5, 0.6) is 0 Å². The summed E-state index contributed by atoms with van der Waals surface area (Å²) in [5.41, 5.74) is 4.31. The Morgan fingerprint density at radius 2 is 1.78 bits per heavy atom. The van der Waals surface area contributed by atoms with E-state index >= 15 is 0 Å². The minimum absolute atomic E-state index is 0.0434. The summed E-state index contributed by atoms with van der Waals surface area (Å²) < 4.78 is 1.94. The zero-order chi connectivity index (χ0) is 31.1. The van der Waals surface area contributed by atoms with Crippen molar-refractivity contribution in [2.45, 2.75) is 63.2 Å². The van der Waals surface area contributed by atoms with E-state index in [-0.39, 0.29) is 48.6 Å². The van der Waals surface area contributed by atoms with E-state index in [1.807, 2.05) is 35.1 Å². The summed E-state index contributed by atoms with van der Waals surface area (Å²) in [6.07, 6.45) is 9.13. The average Bonchev–Trinajstić information content (AvgIpc) is 3.63. The second kappa shape index (κ2) is 11.6. The Labute approximate surface area is 257 Å². The molecule has 0 radical (unpaired) electrons. The highest BCUT2D eigenvalue weighted by atomic mass is 16.2. The number of fused-ring (bicyclic) bond motifs is 2. The summed E-state index contributed by atoms with van der Waals surface area (Å²) in [6.45, 7) is 0.143. The van der Waals surface area contributed by atoms with Crippen molar-refractivity contribution in [1.29, 1.82) is 0 Å². The van der Waals surface area contributed by atoms with E-state index in [0.717, 1.165) is 52.9 Å². The van der Waals surface area contributed by atoms with E-state index in [1.54, 1.807) is 24.5 Å². The Morgan fingerprint density at radius 1 is 0.956 bits per heavy atom. The van der Waals surface area contributed by atoms with E-state index in [4.69, 9.17) is 4.98 Å². The molecule has 45 heavy (non-hydrogen) atoms. The van der Waals surface area contributed by atoms with Gasteiger partial charge in [-0.1, -0.05) is 18.2 Å². The number of rotatable bonds is 6. The number of piperidine rings is 1. The largest absolute Gasteiger partial charge is 0.335 e. The fraction of sp³-hybridized carbons (Fsp3) is 0.312. The highest BCUT2D eigenvalue weighted by Gasteiger charge is 2.44. The molecule has 7 rings (SSSR count). The molecule has 3 unspecified atom stereocenters. The van der Waals surface area contributed by atoms with Crippen LogP contribution in [-0.4, -0.2) is 66.4 Å². The number of hydrogen-bond donors (Lipinski definition) is 3. The molecule has 1 aliphatic carbocycles. The van der Waals surface area contributed by atoms with Crippen molar-refractivity contribution in [2.24, 2.45) is 0 Å². The van der Waals surface area contributed by atoms with Gasteiger partial charge in [0.05, 0.1) is 46.3 Å². The molecule has 2 aromatic carbocycles. The standard InChI is InChI=1S/C32H30N8O5/c41-28-11-10-27(29(42)38-28)40-30(43)22-9-8-18(12-23(22)31(40)44)14-34-32(45)36-20-4-3-5-21(13-20)39-17-19(15-35-39)26-16-33-24-6-1-2-7-25(24)37-26/h1-2,6-9,12,15-17,20-21,27H,3-5,10-11,13-14H2,(H2,34,36,45)(H,38,41,42). The van der Waals surface area contributed by atoms with Crippen LogP contribution in [0.1, 0.15) is 70.8 Å². The molecule has 3 aliphatic rings. The van der Waals surface area contributed by atoms with Crippen LogP contribution in [0.3, 0.4) is 0 Å². The van der Waals surface area contributed by atoms with Gasteiger partial charge < -0.3 is 10.6 Å². The summed E-state index contributed by atoms with van der Waals surface area (Å²) in [5, 5.41) is 12.7. The Hall–Kier alpha value is -5.46. The SMILES string of the molecule is O=C1CCC(N2C(=O)c3ccc(CNC(=O)NC4CCCC(n5cc(-c6cnc7ccccc7n6)cn5)C4)cc3C2=O)C(=O)N1. The second-order valence-corrected chi connectivity index (χ2v) is 11.6. The van der Waals surface area contributed by atoms with Gasteiger partial charge in [-0.2, -0.15) is 5.10 Å². The molecule has 2 aliphatic heterocycles. The molecule has 4 heterocycles. The minimum atomic E-state index is -1.03. The zero-order valence-electron chi connectivity index (χ0n) is 24.2. The second-order valence-electron chi connectivity index (χ2n) is 11.6. The molecule has 1 saturated heterocycles. The predicted octanol–water partition coefficient (Wildman–Crippen LogP) is 2.88. The van der Waals surface area contributed by atoms with Crippen molar-refractivity contribution < 1.29 is 24.0 Å². The summed E-state index contributed by atoms with van der Waals surface area (Å²) in [5.74, 6) is -2.23. The Balaban J connectivity index is 0.947. The molecule has 4 aromatic rings. The third-order valence-corrected chi connectivity index (χ3v) is 8.66. The van der Waals surface area contributed by atoms with Gasteiger partial charge in [0.15, 0.2) is 0 Å². The van der Waals surface area contributed by atoms with Crippen molar-refractivity contribution in [2.75, 3.05) is 0 Å². The van der Waals surface area contributed by atoms with Crippen molar-refractivity contribution in [1.82, 2.24) is 40.6 Å². The van der Waals surface area contributed by atoms with Gasteiger partial charge in [-0.25, -0.2) is 9.78 Å². The number of hydrogen-bond acceptors (Lipinski definition) is 8. The van der Waals surface area contributed by atoms with Crippen LogP contribution in [0, 0.1) is 0 Å². The number of benzene rings is 2. The van der Waals surface area contributed by atoms with E-state index in [9.17, 15) is 24.0 Å². The van der Waals surface area contributed by atoms with E-state index in [2.05, 4.69) is 26.0 Å². The predicted molar refractivity (Wildman–Crippen MR) is 161 cm³/mol. The molecule has 13 nitrogen and oxygen atoms in total. The molecule has 6 amide bonds. The van der Waals surface area contributed by atoms with Gasteiger partial charge in [-0.3, -0.25) is 39.1 Å². The third kappa shape index (κ3) is 5.52. The van der Waals surface area contributed by atoms with Gasteiger partial charge in [0, 0.05) is 30.8 Å². The number of aromatic nitrogens is 4. The highest BCUT2D eigenvalue weighted by molar-refractivity contribution is 6.23. The van der Waals surface area contributed by atoms with Crippen molar-refractivity contribution in [3.05, 3.63) is 77.7 Å². The van der Waals surface area contributed by atoms with Gasteiger partial charge in [-0.05, 0) is 61.9 Å². The van der Waals surface area contributed by atoms with Gasteiger partial charge in [0.2, 0.25) is 11.8 Å². The van der Waals surface area contributed by atoms with Crippen molar-refractivity contribution in [3.8, 4) is 11.3 Å². The lowest BCUT2D eigenvalue weighted by atomic mass is 9.91. The number of urea groups is 1. The number of nitrogens with zero attached hydrogens (tertiary/aromatic N) is 5. The highest BCUT2D eigenvalue weighted by Crippen LogP contribution is 2.31.